The van der Waals surface area contributed by atoms with Crippen LogP contribution in [0.4, 0.5) is 5.82 Å². The first-order valence-corrected chi connectivity index (χ1v) is 5.94. The first-order chi connectivity index (χ1) is 9.06. The second-order valence-electron chi connectivity index (χ2n) is 4.37. The Morgan fingerprint density at radius 3 is 3.11 bits per heavy atom. The van der Waals surface area contributed by atoms with Gasteiger partial charge in [0.15, 0.2) is 0 Å². The van der Waals surface area contributed by atoms with Crippen LogP contribution in [0.2, 0.25) is 0 Å². The third kappa shape index (κ3) is 3.31. The molecule has 2 heterocycles. The van der Waals surface area contributed by atoms with Crippen molar-refractivity contribution in [2.45, 2.75) is 13.0 Å². The Labute approximate surface area is 110 Å². The number of hydrogen-bond donors (Lipinski definition) is 2. The third-order valence-corrected chi connectivity index (χ3v) is 2.87. The largest absolute Gasteiger partial charge is 0.478 e. The van der Waals surface area contributed by atoms with E-state index in [4.69, 9.17) is 5.11 Å². The minimum absolute atomic E-state index is 0.0737. The Morgan fingerprint density at radius 1 is 1.58 bits per heavy atom. The second-order valence-corrected chi connectivity index (χ2v) is 4.37. The normalized spacial score (nSPS) is 15.6. The molecule has 1 aromatic rings. The molecule has 0 saturated heterocycles. The van der Waals surface area contributed by atoms with Crippen molar-refractivity contribution in [2.75, 3.05) is 18.9 Å². The number of carboxylic acids is 1. The molecule has 1 amide bonds. The van der Waals surface area contributed by atoms with Crippen molar-refractivity contribution in [1.29, 1.82) is 0 Å². The average Bonchev–Trinajstić information content (AvgIpc) is 2.36. The molecule has 0 radical (unpaired) electrons. The number of nitrogens with one attached hydrogen (secondary N) is 1. The van der Waals surface area contributed by atoms with Gasteiger partial charge in [-0.05, 0) is 17.7 Å². The molecular formula is C13H15N3O3. The number of amides is 1. The van der Waals surface area contributed by atoms with Gasteiger partial charge in [0, 0.05) is 44.4 Å². The maximum absolute atomic E-state index is 11.7. The number of hydrogen-bond acceptors (Lipinski definition) is 4. The van der Waals surface area contributed by atoms with Crippen LogP contribution in [0.15, 0.2) is 18.3 Å². The first kappa shape index (κ1) is 13.1. The number of nitrogens with zero attached hydrogens (tertiary/aromatic N) is 2. The summed E-state index contributed by atoms with van der Waals surface area (Å²) in [5.74, 6) is -0.186. The molecule has 2 rings (SSSR count). The third-order valence-electron chi connectivity index (χ3n) is 2.87. The smallest absolute Gasteiger partial charge is 0.328 e. The van der Waals surface area contributed by atoms with Crippen molar-refractivity contribution >= 4 is 23.8 Å². The van der Waals surface area contributed by atoms with Crippen LogP contribution in [0.25, 0.3) is 6.08 Å². The van der Waals surface area contributed by atoms with Gasteiger partial charge >= 0.3 is 5.97 Å². The zero-order valence-electron chi connectivity index (χ0n) is 10.6. The van der Waals surface area contributed by atoms with E-state index in [1.54, 1.807) is 18.1 Å². The Morgan fingerprint density at radius 2 is 2.37 bits per heavy atom. The fourth-order valence-corrected chi connectivity index (χ4v) is 1.89. The molecule has 19 heavy (non-hydrogen) atoms. The van der Waals surface area contributed by atoms with Gasteiger partial charge in [0.2, 0.25) is 5.91 Å². The number of carbonyl (C=O) groups excluding carboxylic acids is 1. The Balaban J connectivity index is 2.28. The van der Waals surface area contributed by atoms with E-state index in [2.05, 4.69) is 10.3 Å². The highest BCUT2D eigenvalue weighted by molar-refractivity contribution is 5.85. The van der Waals surface area contributed by atoms with Crippen LogP contribution in [-0.4, -0.2) is 40.5 Å². The van der Waals surface area contributed by atoms with Gasteiger partial charge in [0.05, 0.1) is 0 Å². The Hall–Kier alpha value is -2.37. The molecule has 6 heteroatoms. The number of anilines is 1. The lowest BCUT2D eigenvalue weighted by atomic mass is 10.1. The summed E-state index contributed by atoms with van der Waals surface area (Å²) in [6.45, 7) is 1.01. The predicted octanol–water partition coefficient (Wildman–Crippen LogP) is 0.953. The lowest BCUT2D eigenvalue weighted by Gasteiger charge is -2.22. The fraction of sp³-hybridized carbons (Fsp3) is 0.308. The molecule has 0 unspecified atom stereocenters. The van der Waals surface area contributed by atoms with Crippen molar-refractivity contribution in [1.82, 2.24) is 9.88 Å². The molecule has 0 saturated carbocycles. The highest BCUT2D eigenvalue weighted by Gasteiger charge is 2.16. The van der Waals surface area contributed by atoms with Gasteiger partial charge in [-0.25, -0.2) is 9.78 Å². The summed E-state index contributed by atoms with van der Waals surface area (Å²) in [6.07, 6.45) is 4.60. The van der Waals surface area contributed by atoms with Crippen LogP contribution in [0.1, 0.15) is 17.5 Å². The number of aliphatic carboxylic acids is 1. The maximum atomic E-state index is 11.7. The predicted molar refractivity (Wildman–Crippen MR) is 70.5 cm³/mol. The summed E-state index contributed by atoms with van der Waals surface area (Å²) >= 11 is 0. The highest BCUT2D eigenvalue weighted by Crippen LogP contribution is 2.19. The minimum Gasteiger partial charge on any atom is -0.478 e. The monoisotopic (exact) mass is 261 g/mol. The molecule has 0 aliphatic carbocycles. The summed E-state index contributed by atoms with van der Waals surface area (Å²) in [7, 11) is 1.75. The maximum Gasteiger partial charge on any atom is 0.328 e. The van der Waals surface area contributed by atoms with Crippen molar-refractivity contribution in [3.05, 3.63) is 29.5 Å². The van der Waals surface area contributed by atoms with Crippen molar-refractivity contribution in [3.63, 3.8) is 0 Å². The second kappa shape index (κ2) is 5.51. The molecule has 6 nitrogen and oxygen atoms in total. The lowest BCUT2D eigenvalue weighted by molar-refractivity contribution is -0.131. The lowest BCUT2D eigenvalue weighted by Crippen LogP contribution is -2.30. The minimum atomic E-state index is -1.00. The van der Waals surface area contributed by atoms with E-state index in [1.807, 2.05) is 6.07 Å². The van der Waals surface area contributed by atoms with Crippen LogP contribution in [0, 0.1) is 0 Å². The fourth-order valence-electron chi connectivity index (χ4n) is 1.89. The quantitative estimate of drug-likeness (QED) is 0.775. The molecule has 0 fully saturated rings. The van der Waals surface area contributed by atoms with Crippen molar-refractivity contribution in [2.24, 2.45) is 0 Å². The molecule has 0 spiro atoms. The van der Waals surface area contributed by atoms with Crippen molar-refractivity contribution < 1.29 is 14.7 Å². The van der Waals surface area contributed by atoms with Crippen LogP contribution in [-0.2, 0) is 16.1 Å². The number of carboxylic acid groups (broad SMARTS) is 1. The summed E-state index contributed by atoms with van der Waals surface area (Å²) in [4.78, 5) is 28.0. The molecular weight excluding hydrogens is 246 g/mol. The molecule has 100 valence electrons. The number of aromatic nitrogens is 1. The molecule has 1 aliphatic heterocycles. The zero-order valence-corrected chi connectivity index (χ0v) is 10.6. The Bertz CT molecular complexity index is 540. The summed E-state index contributed by atoms with van der Waals surface area (Å²) in [6, 6.07) is 1.84. The van der Waals surface area contributed by atoms with Crippen LogP contribution in [0.3, 0.4) is 0 Å². The van der Waals surface area contributed by atoms with Crippen LogP contribution < -0.4 is 5.32 Å². The summed E-state index contributed by atoms with van der Waals surface area (Å²) in [5.41, 5.74) is 1.58. The van der Waals surface area contributed by atoms with Gasteiger partial charge in [-0.2, -0.15) is 0 Å². The highest BCUT2D eigenvalue weighted by atomic mass is 16.4. The molecule has 1 aromatic heterocycles. The van der Waals surface area contributed by atoms with Crippen molar-refractivity contribution in [3.8, 4) is 0 Å². The molecule has 2 N–H and O–H groups in total. The van der Waals surface area contributed by atoms with E-state index in [0.29, 0.717) is 25.1 Å². The van der Waals surface area contributed by atoms with Gasteiger partial charge in [-0.1, -0.05) is 0 Å². The summed E-state index contributed by atoms with van der Waals surface area (Å²) < 4.78 is 0. The SMILES string of the molecule is CN1Cc2cc(/C=C/C(=O)O)cnc2NCCC1=O. The van der Waals surface area contributed by atoms with Gasteiger partial charge in [-0.15, -0.1) is 0 Å². The van der Waals surface area contributed by atoms with Crippen LogP contribution >= 0.6 is 0 Å². The number of pyridine rings is 1. The van der Waals surface area contributed by atoms with E-state index in [-0.39, 0.29) is 5.91 Å². The van der Waals surface area contributed by atoms with E-state index in [9.17, 15) is 9.59 Å². The van der Waals surface area contributed by atoms with E-state index >= 15 is 0 Å². The van der Waals surface area contributed by atoms with E-state index < -0.39 is 5.97 Å². The van der Waals surface area contributed by atoms with Crippen LogP contribution in [0.5, 0.6) is 0 Å². The Kier molecular flexibility index (Phi) is 3.79. The number of carbonyl (C=O) groups is 2. The van der Waals surface area contributed by atoms with Gasteiger partial charge in [0.25, 0.3) is 0 Å². The van der Waals surface area contributed by atoms with Gasteiger partial charge in [-0.3, -0.25) is 4.79 Å². The zero-order chi connectivity index (χ0) is 13.8. The van der Waals surface area contributed by atoms with Gasteiger partial charge < -0.3 is 15.3 Å². The molecule has 0 atom stereocenters. The summed E-state index contributed by atoms with van der Waals surface area (Å²) in [5, 5.41) is 11.7. The van der Waals surface area contributed by atoms with E-state index in [0.717, 1.165) is 17.5 Å². The number of rotatable bonds is 2. The molecule has 1 aliphatic rings. The number of fused-ring (bicyclic) bond motifs is 1. The topological polar surface area (TPSA) is 82.5 Å². The molecule has 0 aromatic carbocycles. The first-order valence-electron chi connectivity index (χ1n) is 5.94. The standard InChI is InChI=1S/C13H15N3O3/c1-16-8-10-6-9(2-3-12(18)19)7-15-13(10)14-5-4-11(16)17/h2-3,6-7H,4-5,8H2,1H3,(H,14,15)(H,18,19)/b3-2+. The average molecular weight is 261 g/mol. The molecule has 0 bridgehead atoms. The van der Waals surface area contributed by atoms with E-state index in [1.165, 1.54) is 6.08 Å². The van der Waals surface area contributed by atoms with Gasteiger partial charge in [0.1, 0.15) is 5.82 Å².